The van der Waals surface area contributed by atoms with Gasteiger partial charge in [-0.1, -0.05) is 18.2 Å². The highest BCUT2D eigenvalue weighted by Gasteiger charge is 2.25. The zero-order valence-corrected chi connectivity index (χ0v) is 16.5. The second kappa shape index (κ2) is 7.97. The molecule has 2 N–H and O–H groups in total. The van der Waals surface area contributed by atoms with E-state index in [0.717, 1.165) is 40.8 Å². The lowest BCUT2D eigenvalue weighted by atomic mass is 10.1. The highest BCUT2D eigenvalue weighted by molar-refractivity contribution is 5.93. The predicted octanol–water partition coefficient (Wildman–Crippen LogP) is 2.83. The SMILES string of the molecule is Cc1cc(C)nc(N2CCO[C@@H](c3cccc(-c4ccc(C(N)=O)cc4)n3)C2)n1. The summed E-state index contributed by atoms with van der Waals surface area (Å²) in [4.78, 5) is 27.4. The molecule has 1 saturated heterocycles. The molecular formula is C22H23N5O2. The van der Waals surface area contributed by atoms with Crippen molar-refractivity contribution in [2.75, 3.05) is 24.6 Å². The minimum absolute atomic E-state index is 0.169. The lowest BCUT2D eigenvalue weighted by Crippen LogP contribution is -2.39. The van der Waals surface area contributed by atoms with E-state index in [0.29, 0.717) is 18.7 Å². The Hall–Kier alpha value is -3.32. The number of pyridine rings is 1. The maximum atomic E-state index is 11.3. The van der Waals surface area contributed by atoms with Crippen molar-refractivity contribution < 1.29 is 9.53 Å². The van der Waals surface area contributed by atoms with Gasteiger partial charge in [-0.3, -0.25) is 4.79 Å². The smallest absolute Gasteiger partial charge is 0.248 e. The van der Waals surface area contributed by atoms with Gasteiger partial charge >= 0.3 is 0 Å². The van der Waals surface area contributed by atoms with E-state index in [1.807, 2.05) is 50.2 Å². The number of carbonyl (C=O) groups excluding carboxylic acids is 1. The monoisotopic (exact) mass is 389 g/mol. The molecule has 1 aliphatic heterocycles. The molecule has 7 heteroatoms. The molecule has 0 unspecified atom stereocenters. The number of carbonyl (C=O) groups is 1. The van der Waals surface area contributed by atoms with Gasteiger partial charge < -0.3 is 15.4 Å². The zero-order chi connectivity index (χ0) is 20.4. The van der Waals surface area contributed by atoms with Gasteiger partial charge in [0.05, 0.1) is 24.5 Å². The molecule has 0 spiro atoms. The Bertz CT molecular complexity index is 1020. The lowest BCUT2D eigenvalue weighted by molar-refractivity contribution is 0.0365. The molecule has 3 aromatic rings. The lowest BCUT2D eigenvalue weighted by Gasteiger charge is -2.33. The van der Waals surface area contributed by atoms with Gasteiger partial charge in [-0.05, 0) is 44.2 Å². The molecule has 0 aliphatic carbocycles. The van der Waals surface area contributed by atoms with Crippen LogP contribution in [-0.4, -0.2) is 40.6 Å². The summed E-state index contributed by atoms with van der Waals surface area (Å²) in [5.74, 6) is 0.288. The number of morpholine rings is 1. The molecular weight excluding hydrogens is 366 g/mol. The standard InChI is InChI=1S/C22H23N5O2/c1-14-12-15(2)25-22(24-14)27-10-11-29-20(13-27)19-5-3-4-18(26-19)16-6-8-17(9-7-16)21(23)28/h3-9,12,20H,10-11,13H2,1-2H3,(H2,23,28)/t20-/m1/s1. The first-order valence-electron chi connectivity index (χ1n) is 9.55. The van der Waals surface area contributed by atoms with Gasteiger partial charge in [0.2, 0.25) is 11.9 Å². The maximum absolute atomic E-state index is 11.3. The van der Waals surface area contributed by atoms with Gasteiger partial charge in [0, 0.05) is 29.1 Å². The van der Waals surface area contributed by atoms with Crippen LogP contribution in [0, 0.1) is 13.8 Å². The number of nitrogens with zero attached hydrogens (tertiary/aromatic N) is 4. The van der Waals surface area contributed by atoms with Crippen LogP contribution in [0.5, 0.6) is 0 Å². The molecule has 1 atom stereocenters. The van der Waals surface area contributed by atoms with Crippen molar-refractivity contribution in [1.29, 1.82) is 0 Å². The maximum Gasteiger partial charge on any atom is 0.248 e. The predicted molar refractivity (Wildman–Crippen MR) is 111 cm³/mol. The second-order valence-corrected chi connectivity index (χ2v) is 7.15. The number of aryl methyl sites for hydroxylation is 2. The van der Waals surface area contributed by atoms with E-state index in [1.54, 1.807) is 12.1 Å². The highest BCUT2D eigenvalue weighted by Crippen LogP contribution is 2.26. The molecule has 1 fully saturated rings. The van der Waals surface area contributed by atoms with Crippen molar-refractivity contribution in [3.8, 4) is 11.3 Å². The first kappa shape index (κ1) is 19.0. The minimum atomic E-state index is -0.442. The molecule has 29 heavy (non-hydrogen) atoms. The summed E-state index contributed by atoms with van der Waals surface area (Å²) >= 11 is 0. The highest BCUT2D eigenvalue weighted by atomic mass is 16.5. The number of hydrogen-bond donors (Lipinski definition) is 1. The van der Waals surface area contributed by atoms with Crippen LogP contribution in [0.4, 0.5) is 5.95 Å². The van der Waals surface area contributed by atoms with Crippen molar-refractivity contribution in [3.05, 3.63) is 71.2 Å². The number of amides is 1. The molecule has 1 aliphatic rings. The van der Waals surface area contributed by atoms with Gasteiger partial charge in [-0.15, -0.1) is 0 Å². The van der Waals surface area contributed by atoms with Crippen molar-refractivity contribution in [1.82, 2.24) is 15.0 Å². The van der Waals surface area contributed by atoms with E-state index in [9.17, 15) is 4.79 Å². The Morgan fingerprint density at radius 3 is 2.48 bits per heavy atom. The molecule has 4 rings (SSSR count). The third-order valence-electron chi connectivity index (χ3n) is 4.89. The largest absolute Gasteiger partial charge is 0.368 e. The molecule has 7 nitrogen and oxygen atoms in total. The summed E-state index contributed by atoms with van der Waals surface area (Å²) in [6.45, 7) is 5.92. The van der Waals surface area contributed by atoms with Crippen LogP contribution in [0.3, 0.4) is 0 Å². The summed E-state index contributed by atoms with van der Waals surface area (Å²) in [7, 11) is 0. The third kappa shape index (κ3) is 4.25. The molecule has 2 aromatic heterocycles. The van der Waals surface area contributed by atoms with Crippen LogP contribution in [0.1, 0.15) is 33.5 Å². The summed E-state index contributed by atoms with van der Waals surface area (Å²) < 4.78 is 6.00. The Labute approximate surface area is 169 Å². The van der Waals surface area contributed by atoms with E-state index < -0.39 is 5.91 Å². The molecule has 1 amide bonds. The Morgan fingerprint density at radius 2 is 1.79 bits per heavy atom. The average molecular weight is 389 g/mol. The van der Waals surface area contributed by atoms with Crippen LogP contribution < -0.4 is 10.6 Å². The fraction of sp³-hybridized carbons (Fsp3) is 0.273. The van der Waals surface area contributed by atoms with Gasteiger partial charge in [0.1, 0.15) is 6.10 Å². The minimum Gasteiger partial charge on any atom is -0.368 e. The number of aromatic nitrogens is 3. The molecule has 0 bridgehead atoms. The van der Waals surface area contributed by atoms with Crippen LogP contribution in [0.15, 0.2) is 48.5 Å². The second-order valence-electron chi connectivity index (χ2n) is 7.15. The van der Waals surface area contributed by atoms with E-state index >= 15 is 0 Å². The summed E-state index contributed by atoms with van der Waals surface area (Å²) in [6.07, 6.45) is -0.169. The van der Waals surface area contributed by atoms with Crippen LogP contribution in [0.2, 0.25) is 0 Å². The average Bonchev–Trinajstić information content (AvgIpc) is 2.73. The van der Waals surface area contributed by atoms with Crippen LogP contribution in [-0.2, 0) is 4.74 Å². The quantitative estimate of drug-likeness (QED) is 0.737. The Kier molecular flexibility index (Phi) is 5.22. The molecule has 0 radical (unpaired) electrons. The molecule has 148 valence electrons. The fourth-order valence-corrected chi connectivity index (χ4v) is 3.46. The van der Waals surface area contributed by atoms with Crippen molar-refractivity contribution in [2.24, 2.45) is 5.73 Å². The first-order valence-corrected chi connectivity index (χ1v) is 9.55. The third-order valence-corrected chi connectivity index (χ3v) is 4.89. The van der Waals surface area contributed by atoms with Gasteiger partial charge in [0.25, 0.3) is 0 Å². The van der Waals surface area contributed by atoms with Crippen molar-refractivity contribution in [3.63, 3.8) is 0 Å². The molecule has 3 heterocycles. The summed E-state index contributed by atoms with van der Waals surface area (Å²) in [6, 6.07) is 15.0. The van der Waals surface area contributed by atoms with E-state index in [2.05, 4.69) is 14.9 Å². The number of benzene rings is 1. The number of anilines is 1. The number of ether oxygens (including phenoxy) is 1. The van der Waals surface area contributed by atoms with Gasteiger partial charge in [-0.2, -0.15) is 0 Å². The Morgan fingerprint density at radius 1 is 1.07 bits per heavy atom. The summed E-state index contributed by atoms with van der Waals surface area (Å²) in [5.41, 5.74) is 10.3. The molecule has 0 saturated carbocycles. The van der Waals surface area contributed by atoms with Gasteiger partial charge in [-0.25, -0.2) is 15.0 Å². The van der Waals surface area contributed by atoms with Crippen molar-refractivity contribution in [2.45, 2.75) is 20.0 Å². The number of nitrogens with two attached hydrogens (primary N) is 1. The topological polar surface area (TPSA) is 94.2 Å². The number of hydrogen-bond acceptors (Lipinski definition) is 6. The summed E-state index contributed by atoms with van der Waals surface area (Å²) in [5, 5.41) is 0. The van der Waals surface area contributed by atoms with E-state index in [1.165, 1.54) is 0 Å². The normalized spacial score (nSPS) is 16.6. The first-order chi connectivity index (χ1) is 14.0. The van der Waals surface area contributed by atoms with E-state index in [-0.39, 0.29) is 6.10 Å². The van der Waals surface area contributed by atoms with Crippen LogP contribution in [0.25, 0.3) is 11.3 Å². The van der Waals surface area contributed by atoms with Crippen LogP contribution >= 0.6 is 0 Å². The Balaban J connectivity index is 1.56. The fourth-order valence-electron chi connectivity index (χ4n) is 3.46. The van der Waals surface area contributed by atoms with Crippen molar-refractivity contribution >= 4 is 11.9 Å². The zero-order valence-electron chi connectivity index (χ0n) is 16.5. The van der Waals surface area contributed by atoms with E-state index in [4.69, 9.17) is 15.5 Å². The van der Waals surface area contributed by atoms with Gasteiger partial charge in [0.15, 0.2) is 0 Å². The number of primary amides is 1. The number of rotatable bonds is 4. The molecule has 1 aromatic carbocycles.